The summed E-state index contributed by atoms with van der Waals surface area (Å²) >= 11 is 0. The Bertz CT molecular complexity index is 464. The van der Waals surface area contributed by atoms with Gasteiger partial charge in [0.1, 0.15) is 5.76 Å². The van der Waals surface area contributed by atoms with Crippen molar-refractivity contribution in [3.05, 3.63) is 28.8 Å². The van der Waals surface area contributed by atoms with E-state index in [2.05, 4.69) is 12.2 Å². The predicted molar refractivity (Wildman–Crippen MR) is 56.3 cm³/mol. The summed E-state index contributed by atoms with van der Waals surface area (Å²) in [6.07, 6.45) is 3.82. The van der Waals surface area contributed by atoms with E-state index >= 15 is 0 Å². The van der Waals surface area contributed by atoms with Crippen LogP contribution in [-0.2, 0) is 68.1 Å². The molecular formula is C12H12NO3WY-. The topological polar surface area (TPSA) is 57.5 Å². The molecule has 2 aliphatic heterocycles. The minimum atomic E-state index is -0.423. The largest absolute Gasteiger partial charge is 0.644 e. The average molecular weight is 491 g/mol. The van der Waals surface area contributed by atoms with Crippen LogP contribution in [0.4, 0.5) is 0 Å². The molecule has 4 nitrogen and oxygen atoms in total. The van der Waals surface area contributed by atoms with Crippen LogP contribution in [0.1, 0.15) is 20.3 Å². The van der Waals surface area contributed by atoms with E-state index in [1.54, 1.807) is 6.08 Å². The van der Waals surface area contributed by atoms with Gasteiger partial charge in [0.15, 0.2) is 0 Å². The van der Waals surface area contributed by atoms with Crippen LogP contribution in [0.2, 0.25) is 0 Å². The van der Waals surface area contributed by atoms with Gasteiger partial charge in [-0.25, -0.2) is 4.79 Å². The molecule has 0 aromatic rings. The Labute approximate surface area is 145 Å². The summed E-state index contributed by atoms with van der Waals surface area (Å²) in [5.74, 6) is 0.653. The minimum Gasteiger partial charge on any atom is -0.644 e. The maximum absolute atomic E-state index is 11.2. The number of fused-ring (bicyclic) bond motifs is 1. The van der Waals surface area contributed by atoms with Crippen molar-refractivity contribution >= 4 is 11.9 Å². The number of hydrogen-bond acceptors (Lipinski definition) is 3. The zero-order chi connectivity index (χ0) is 11.5. The van der Waals surface area contributed by atoms with E-state index in [9.17, 15) is 9.59 Å². The predicted octanol–water partition coefficient (Wildman–Crippen LogP) is 1.68. The average Bonchev–Trinajstić information content (AvgIpc) is 2.53. The van der Waals surface area contributed by atoms with Crippen molar-refractivity contribution in [3.63, 3.8) is 0 Å². The van der Waals surface area contributed by atoms with Gasteiger partial charge >= 0.3 is 5.97 Å². The van der Waals surface area contributed by atoms with Crippen molar-refractivity contribution in [2.45, 2.75) is 25.8 Å². The Kier molecular flexibility index (Phi) is 4.79. The summed E-state index contributed by atoms with van der Waals surface area (Å²) in [7, 11) is 0. The van der Waals surface area contributed by atoms with Gasteiger partial charge in [0, 0.05) is 65.4 Å². The maximum Gasteiger partial charge on any atom is 0.336 e. The standard InChI is InChI=1S/C12H13NO3.W.Y/c1-6-7(2)12(5-10(14)13-12)4-9-8(6)3-11(15)16-9;;/h3-4,6-7H,5H2,1-2H3,(H,13,14);;/p-1/t6-,7+,12?;;/m0../s1. The van der Waals surface area contributed by atoms with Crippen LogP contribution in [-0.4, -0.2) is 17.4 Å². The van der Waals surface area contributed by atoms with Crippen molar-refractivity contribution in [1.29, 1.82) is 0 Å². The number of β-lactam (4-membered cyclic amide) rings is 1. The van der Waals surface area contributed by atoms with Gasteiger partial charge in [-0.15, -0.1) is 0 Å². The first-order valence-electron chi connectivity index (χ1n) is 5.44. The fourth-order valence-electron chi connectivity index (χ4n) is 2.73. The summed E-state index contributed by atoms with van der Waals surface area (Å²) < 4.78 is 5.11. The monoisotopic (exact) mass is 491 g/mol. The van der Waals surface area contributed by atoms with Crippen LogP contribution in [0, 0.1) is 11.8 Å². The molecule has 1 spiro atoms. The molecule has 0 N–H and O–H groups in total. The van der Waals surface area contributed by atoms with Gasteiger partial charge in [-0.05, 0) is 18.3 Å². The zero-order valence-electron chi connectivity index (χ0n) is 10.2. The first kappa shape index (κ1) is 16.3. The van der Waals surface area contributed by atoms with Crippen LogP contribution in [0.5, 0.6) is 0 Å². The van der Waals surface area contributed by atoms with Crippen molar-refractivity contribution in [2.75, 3.05) is 0 Å². The fourth-order valence-corrected chi connectivity index (χ4v) is 2.73. The van der Waals surface area contributed by atoms with Crippen molar-refractivity contribution in [1.82, 2.24) is 0 Å². The van der Waals surface area contributed by atoms with E-state index in [0.29, 0.717) is 12.2 Å². The molecule has 0 aromatic carbocycles. The van der Waals surface area contributed by atoms with Crippen molar-refractivity contribution in [2.24, 2.45) is 11.8 Å². The van der Waals surface area contributed by atoms with E-state index in [1.807, 2.05) is 13.0 Å². The number of rotatable bonds is 0. The smallest absolute Gasteiger partial charge is 0.336 e. The molecule has 6 heteroatoms. The Morgan fingerprint density at radius 1 is 1.39 bits per heavy atom. The number of hydrogen-bond donors (Lipinski definition) is 0. The van der Waals surface area contributed by atoms with E-state index in [4.69, 9.17) is 4.74 Å². The van der Waals surface area contributed by atoms with Gasteiger partial charge in [0.05, 0.1) is 5.91 Å². The van der Waals surface area contributed by atoms with Gasteiger partial charge in [-0.1, -0.05) is 25.5 Å². The number of carbonyl (C=O) groups excluding carboxylic acids is 2. The summed E-state index contributed by atoms with van der Waals surface area (Å²) in [5, 5.41) is 4.10. The molecule has 0 saturated carbocycles. The Morgan fingerprint density at radius 3 is 2.56 bits per heavy atom. The SMILES string of the molecule is C[C@@H]1C2=CC(=O)OC2=CC2(CC(=O)[N-]2)[C@@H]1C.[W].[Y]. The molecule has 1 saturated heterocycles. The van der Waals surface area contributed by atoms with Gasteiger partial charge in [-0.3, -0.25) is 0 Å². The van der Waals surface area contributed by atoms with Crippen LogP contribution >= 0.6 is 0 Å². The second-order valence-corrected chi connectivity index (χ2v) is 4.78. The normalized spacial score (nSPS) is 36.1. The van der Waals surface area contributed by atoms with Gasteiger partial charge < -0.3 is 14.8 Å². The molecule has 1 radical (unpaired) electrons. The molecular weight excluding hydrogens is 479 g/mol. The molecule has 0 bridgehead atoms. The van der Waals surface area contributed by atoms with Crippen LogP contribution in [0.3, 0.4) is 0 Å². The minimum absolute atomic E-state index is 0. The number of allylic oxidation sites excluding steroid dienone is 1. The molecule has 18 heavy (non-hydrogen) atoms. The number of nitrogens with zero attached hydrogens (tertiary/aromatic N) is 1. The molecule has 1 unspecified atom stereocenters. The fraction of sp³-hybridized carbons (Fsp3) is 0.500. The second-order valence-electron chi connectivity index (χ2n) is 4.78. The third-order valence-electron chi connectivity index (χ3n) is 3.95. The molecule has 3 aliphatic rings. The number of amides is 1. The van der Waals surface area contributed by atoms with E-state index < -0.39 is 5.54 Å². The molecule has 1 fully saturated rings. The Hall–Kier alpha value is 0.212. The van der Waals surface area contributed by atoms with Crippen LogP contribution in [0.15, 0.2) is 23.5 Å². The summed E-state index contributed by atoms with van der Waals surface area (Å²) in [6.45, 7) is 4.11. The first-order valence-corrected chi connectivity index (χ1v) is 5.44. The van der Waals surface area contributed by atoms with Gasteiger partial charge in [0.2, 0.25) is 0 Å². The van der Waals surface area contributed by atoms with E-state index in [1.165, 1.54) is 0 Å². The molecule has 1 amide bonds. The third-order valence-corrected chi connectivity index (χ3v) is 3.95. The number of carbonyl (C=O) groups is 2. The molecule has 93 valence electrons. The number of ether oxygens (including phenoxy) is 1. The summed E-state index contributed by atoms with van der Waals surface area (Å²) in [6, 6.07) is 0. The van der Waals surface area contributed by atoms with E-state index in [0.717, 1.165) is 5.57 Å². The zero-order valence-corrected chi connectivity index (χ0v) is 15.9. The third kappa shape index (κ3) is 2.21. The van der Waals surface area contributed by atoms with Crippen LogP contribution in [0.25, 0.3) is 5.32 Å². The quantitative estimate of drug-likeness (QED) is 0.383. The molecule has 2 heterocycles. The van der Waals surface area contributed by atoms with Crippen molar-refractivity contribution in [3.8, 4) is 0 Å². The number of esters is 1. The summed E-state index contributed by atoms with van der Waals surface area (Å²) in [4.78, 5) is 22.3. The van der Waals surface area contributed by atoms with Gasteiger partial charge in [0.25, 0.3) is 0 Å². The Morgan fingerprint density at radius 2 is 2.00 bits per heavy atom. The van der Waals surface area contributed by atoms with Crippen molar-refractivity contribution < 1.29 is 68.1 Å². The van der Waals surface area contributed by atoms with Crippen LogP contribution < -0.4 is 0 Å². The van der Waals surface area contributed by atoms with E-state index in [-0.39, 0.29) is 77.5 Å². The van der Waals surface area contributed by atoms with Gasteiger partial charge in [-0.2, -0.15) is 0 Å². The molecule has 1 aliphatic carbocycles. The Balaban J connectivity index is 0.000000810. The maximum atomic E-state index is 11.2. The molecule has 0 aromatic heterocycles. The molecule has 3 rings (SSSR count). The second kappa shape index (κ2) is 5.30. The first-order chi connectivity index (χ1) is 7.52. The summed E-state index contributed by atoms with van der Waals surface area (Å²) in [5.41, 5.74) is 0.519. The molecule has 3 atom stereocenters.